The van der Waals surface area contributed by atoms with Crippen LogP contribution in [-0.4, -0.2) is 33.0 Å². The van der Waals surface area contributed by atoms with Crippen molar-refractivity contribution in [2.75, 3.05) is 6.73 Å². The van der Waals surface area contributed by atoms with Gasteiger partial charge in [0.15, 0.2) is 0 Å². The predicted octanol–water partition coefficient (Wildman–Crippen LogP) is 7.82. The number of phosphoric ester groups is 1. The Kier molecular flexibility index (Phi) is 8.06. The lowest BCUT2D eigenvalue weighted by Gasteiger charge is -2.21. The van der Waals surface area contributed by atoms with Crippen molar-refractivity contribution in [1.29, 1.82) is 0 Å². The van der Waals surface area contributed by atoms with Crippen LogP contribution < -0.4 is 0 Å². The minimum Gasteiger partial charge on any atom is -0.361 e. The number of nitrogens with one attached hydrogen (secondary N) is 1. The molecule has 2 aliphatic heterocycles. The van der Waals surface area contributed by atoms with Gasteiger partial charge in [-0.05, 0) is 46.7 Å². The Morgan fingerprint density at radius 2 is 1.33 bits per heavy atom. The van der Waals surface area contributed by atoms with Crippen molar-refractivity contribution in [2.45, 2.75) is 44.4 Å². The quantitative estimate of drug-likeness (QED) is 0.112. The summed E-state index contributed by atoms with van der Waals surface area (Å²) in [5.41, 5.74) is 6.28. The van der Waals surface area contributed by atoms with Crippen LogP contribution in [0.1, 0.15) is 46.1 Å². The summed E-state index contributed by atoms with van der Waals surface area (Å²) in [6, 6.07) is 32.4. The first-order chi connectivity index (χ1) is 23.5. The highest BCUT2D eigenvalue weighted by atomic mass is 31.2. The molecule has 48 heavy (non-hydrogen) atoms. The molecule has 4 heterocycles. The maximum Gasteiger partial charge on any atom is 0.477 e. The number of rotatable bonds is 11. The summed E-state index contributed by atoms with van der Waals surface area (Å²) in [5, 5.41) is 1.84. The van der Waals surface area contributed by atoms with Crippen molar-refractivity contribution >= 4 is 41.4 Å². The summed E-state index contributed by atoms with van der Waals surface area (Å²) in [4.78, 5) is 33.3. The number of H-pyrrole nitrogens is 1. The third-order valence-corrected chi connectivity index (χ3v) is 10.7. The molecule has 1 N–H and O–H groups in total. The number of hydrogen-bond donors (Lipinski definition) is 1. The van der Waals surface area contributed by atoms with Crippen LogP contribution in [0.15, 0.2) is 116 Å². The van der Waals surface area contributed by atoms with Crippen LogP contribution in [-0.2, 0) is 53.9 Å². The maximum absolute atomic E-state index is 14.5. The van der Waals surface area contributed by atoms with Crippen molar-refractivity contribution < 1.29 is 27.7 Å². The molecule has 4 aromatic carbocycles. The van der Waals surface area contributed by atoms with E-state index in [1.54, 1.807) is 0 Å². The van der Waals surface area contributed by atoms with Gasteiger partial charge < -0.3 is 9.55 Å². The number of imide groups is 1. The van der Waals surface area contributed by atoms with Gasteiger partial charge in [0.2, 0.25) is 11.8 Å². The number of carbonyl (C=O) groups is 2. The van der Waals surface area contributed by atoms with E-state index in [0.717, 1.165) is 68.3 Å². The van der Waals surface area contributed by atoms with Crippen molar-refractivity contribution in [3.63, 3.8) is 0 Å². The lowest BCUT2D eigenvalue weighted by atomic mass is 9.83. The zero-order valence-corrected chi connectivity index (χ0v) is 27.1. The van der Waals surface area contributed by atoms with Gasteiger partial charge in [-0.3, -0.25) is 28.1 Å². The summed E-state index contributed by atoms with van der Waals surface area (Å²) in [6.45, 7) is 0.167. The first-order valence-electron chi connectivity index (χ1n) is 16.1. The van der Waals surface area contributed by atoms with Crippen LogP contribution in [0, 0.1) is 0 Å². The molecule has 242 valence electrons. The number of para-hydroxylation sites is 2. The van der Waals surface area contributed by atoms with Gasteiger partial charge in [-0.15, -0.1) is 0 Å². The molecule has 2 aliphatic rings. The number of amides is 2. The molecule has 0 bridgehead atoms. The Morgan fingerprint density at radius 1 is 0.708 bits per heavy atom. The summed E-state index contributed by atoms with van der Waals surface area (Å²) >= 11 is 0. The largest absolute Gasteiger partial charge is 0.477 e. The van der Waals surface area contributed by atoms with Gasteiger partial charge in [0.25, 0.3) is 0 Å². The van der Waals surface area contributed by atoms with E-state index in [1.165, 1.54) is 5.56 Å². The van der Waals surface area contributed by atoms with Crippen LogP contribution in [0.5, 0.6) is 0 Å². The van der Waals surface area contributed by atoms with E-state index in [0.29, 0.717) is 0 Å². The Morgan fingerprint density at radius 3 is 2.04 bits per heavy atom. The third-order valence-electron chi connectivity index (χ3n) is 9.36. The van der Waals surface area contributed by atoms with Crippen LogP contribution >= 0.6 is 7.82 Å². The molecule has 0 saturated carbocycles. The van der Waals surface area contributed by atoms with Crippen LogP contribution in [0.25, 0.3) is 21.8 Å². The summed E-state index contributed by atoms with van der Waals surface area (Å²) in [5.74, 6) is -2.49. The minimum atomic E-state index is -4.26. The Hall–Kier alpha value is -4.79. The Balaban J connectivity index is 1.14. The first kappa shape index (κ1) is 30.5. The maximum atomic E-state index is 14.5. The molecule has 2 atom stereocenters. The molecule has 9 nitrogen and oxygen atoms in total. The van der Waals surface area contributed by atoms with Crippen LogP contribution in [0.2, 0.25) is 0 Å². The van der Waals surface area contributed by atoms with Gasteiger partial charge in [0.05, 0.1) is 30.6 Å². The predicted molar refractivity (Wildman–Crippen MR) is 182 cm³/mol. The Labute approximate surface area is 277 Å². The minimum absolute atomic E-state index is 0.0444. The molecular weight excluding hydrogens is 625 g/mol. The highest BCUT2D eigenvalue weighted by Gasteiger charge is 2.51. The average molecular weight is 660 g/mol. The molecule has 8 rings (SSSR count). The zero-order valence-electron chi connectivity index (χ0n) is 26.2. The topological polar surface area (TPSA) is 103 Å². The molecule has 1 unspecified atom stereocenters. The molecule has 6 aromatic rings. The van der Waals surface area contributed by atoms with Crippen molar-refractivity contribution in [3.05, 3.63) is 143 Å². The second-order valence-corrected chi connectivity index (χ2v) is 13.9. The second kappa shape index (κ2) is 12.7. The van der Waals surface area contributed by atoms with Gasteiger partial charge >= 0.3 is 7.82 Å². The SMILES string of the molecule is O=C1C(c2c[nH]c3ccccc23)[C@H](c2cn3c4c(cccc24)CCC3)C(=O)N1COP(=O)(OCc1ccccc1)OCc1ccccc1. The van der Waals surface area contributed by atoms with Crippen molar-refractivity contribution in [2.24, 2.45) is 0 Å². The first-order valence-corrected chi connectivity index (χ1v) is 17.6. The van der Waals surface area contributed by atoms with E-state index >= 15 is 0 Å². The number of aromatic amines is 1. The number of aryl methyl sites for hydroxylation is 2. The molecule has 2 aromatic heterocycles. The molecule has 1 fully saturated rings. The fourth-order valence-corrected chi connectivity index (χ4v) is 8.16. The summed E-state index contributed by atoms with van der Waals surface area (Å²) in [6.07, 6.45) is 5.82. The lowest BCUT2D eigenvalue weighted by Crippen LogP contribution is -2.33. The summed E-state index contributed by atoms with van der Waals surface area (Å²) < 4.78 is 33.7. The molecule has 10 heteroatoms. The number of benzene rings is 4. The smallest absolute Gasteiger partial charge is 0.361 e. The van der Waals surface area contributed by atoms with Gasteiger partial charge in [0.1, 0.15) is 6.73 Å². The summed E-state index contributed by atoms with van der Waals surface area (Å²) in [7, 11) is -4.26. The van der Waals surface area contributed by atoms with E-state index in [2.05, 4.69) is 15.6 Å². The number of likely N-dealkylation sites (tertiary alicyclic amines) is 1. The lowest BCUT2D eigenvalue weighted by molar-refractivity contribution is -0.142. The van der Waals surface area contributed by atoms with Gasteiger partial charge in [-0.1, -0.05) is 97.1 Å². The molecule has 2 amide bonds. The monoisotopic (exact) mass is 659 g/mol. The van der Waals surface area contributed by atoms with E-state index in [-0.39, 0.29) is 13.2 Å². The normalized spacial score (nSPS) is 18.0. The fourth-order valence-electron chi connectivity index (χ4n) is 7.06. The number of aromatic nitrogens is 2. The van der Waals surface area contributed by atoms with E-state index in [1.807, 2.05) is 109 Å². The van der Waals surface area contributed by atoms with E-state index < -0.39 is 38.2 Å². The number of fused-ring (bicyclic) bond motifs is 1. The van der Waals surface area contributed by atoms with Crippen molar-refractivity contribution in [3.8, 4) is 0 Å². The Bertz CT molecular complexity index is 2130. The molecule has 1 saturated heterocycles. The van der Waals surface area contributed by atoms with Gasteiger partial charge in [0, 0.05) is 35.2 Å². The highest BCUT2D eigenvalue weighted by molar-refractivity contribution is 7.48. The van der Waals surface area contributed by atoms with Crippen LogP contribution in [0.4, 0.5) is 0 Å². The highest BCUT2D eigenvalue weighted by Crippen LogP contribution is 2.53. The second-order valence-electron chi connectivity index (χ2n) is 12.3. The number of hydrogen-bond acceptors (Lipinski definition) is 6. The molecular formula is C38H34N3O6P. The number of nitrogens with zero attached hydrogens (tertiary/aromatic N) is 2. The zero-order chi connectivity index (χ0) is 32.7. The molecule has 0 spiro atoms. The molecule has 0 radical (unpaired) electrons. The van der Waals surface area contributed by atoms with Gasteiger partial charge in [-0.25, -0.2) is 4.57 Å². The van der Waals surface area contributed by atoms with Crippen LogP contribution in [0.3, 0.4) is 0 Å². The molecule has 0 aliphatic carbocycles. The third kappa shape index (κ3) is 5.59. The van der Waals surface area contributed by atoms with Crippen molar-refractivity contribution in [1.82, 2.24) is 14.5 Å². The van der Waals surface area contributed by atoms with E-state index in [9.17, 15) is 14.2 Å². The van der Waals surface area contributed by atoms with E-state index in [4.69, 9.17) is 13.6 Å². The number of carbonyl (C=O) groups excluding carboxylic acids is 2. The average Bonchev–Trinajstić information content (AvgIpc) is 3.79. The fraction of sp³-hybridized carbons (Fsp3) is 0.211. The standard InChI is InChI=1S/C38H34N3O6P/c42-37-34(31-21-39-33-19-8-7-17-29(31)33)35(32-22-40-20-10-16-28-15-9-18-30(32)36(28)40)38(43)41(37)25-47-48(44,45-23-26-11-3-1-4-12-26)46-24-27-13-5-2-6-14-27/h1-9,11-15,17-19,21-22,34-35,39H,10,16,20,23-25H2/t34?,35-/m0/s1. The number of phosphoric acid groups is 1. The van der Waals surface area contributed by atoms with Gasteiger partial charge in [-0.2, -0.15) is 0 Å².